The number of nitrogens with zero attached hydrogens (tertiary/aromatic N) is 6. The second-order valence-corrected chi connectivity index (χ2v) is 9.88. The number of anilines is 2. The quantitative estimate of drug-likeness (QED) is 0.228. The number of carbonyl (C=O) groups excluding carboxylic acids is 3. The van der Waals surface area contributed by atoms with Crippen LogP contribution in [-0.4, -0.2) is 49.7 Å². The average molecular weight is 521 g/mol. The summed E-state index contributed by atoms with van der Waals surface area (Å²) < 4.78 is 1.21. The van der Waals surface area contributed by atoms with E-state index in [2.05, 4.69) is 10.3 Å². The number of non-ortho nitro benzene ring substituents is 1. The number of aromatic nitrogens is 3. The third-order valence-corrected chi connectivity index (χ3v) is 7.86. The first kappa shape index (κ1) is 23.0. The second-order valence-electron chi connectivity index (χ2n) is 9.88. The molecule has 1 aromatic heterocycles. The Morgan fingerprint density at radius 2 is 1.69 bits per heavy atom. The minimum Gasteiger partial charge on any atom is -0.351 e. The molecular formula is C28H20N6O5. The zero-order valence-corrected chi connectivity index (χ0v) is 20.5. The Morgan fingerprint density at radius 1 is 0.949 bits per heavy atom. The van der Waals surface area contributed by atoms with Crippen LogP contribution in [0.1, 0.15) is 15.9 Å². The first-order chi connectivity index (χ1) is 18.9. The molecule has 0 aliphatic carbocycles. The van der Waals surface area contributed by atoms with Crippen LogP contribution in [0, 0.1) is 28.9 Å². The van der Waals surface area contributed by atoms with Gasteiger partial charge in [-0.05, 0) is 42.3 Å². The lowest BCUT2D eigenvalue weighted by atomic mass is 9.88. The highest BCUT2D eigenvalue weighted by molar-refractivity contribution is 6.25. The first-order valence-electron chi connectivity index (χ1n) is 12.4. The summed E-state index contributed by atoms with van der Waals surface area (Å²) in [6.07, 6.45) is 3.77. The van der Waals surface area contributed by atoms with Crippen molar-refractivity contribution in [2.45, 2.75) is 19.0 Å². The largest absolute Gasteiger partial charge is 0.351 e. The Morgan fingerprint density at radius 3 is 2.49 bits per heavy atom. The van der Waals surface area contributed by atoms with Crippen molar-refractivity contribution in [2.75, 3.05) is 9.80 Å². The van der Waals surface area contributed by atoms with Gasteiger partial charge in [0.25, 0.3) is 11.6 Å². The molecular weight excluding hydrogens is 500 g/mol. The van der Waals surface area contributed by atoms with E-state index < -0.39 is 46.6 Å². The Hall–Kier alpha value is -5.19. The number of hydrogen-bond acceptors (Lipinski definition) is 8. The van der Waals surface area contributed by atoms with Crippen molar-refractivity contribution in [1.29, 1.82) is 0 Å². The molecule has 7 rings (SSSR count). The van der Waals surface area contributed by atoms with Crippen LogP contribution < -0.4 is 9.80 Å². The summed E-state index contributed by atoms with van der Waals surface area (Å²) >= 11 is 0. The molecule has 0 spiro atoms. The fourth-order valence-electron chi connectivity index (χ4n) is 6.20. The van der Waals surface area contributed by atoms with Gasteiger partial charge in [0.05, 0.1) is 34.0 Å². The molecule has 0 radical (unpaired) electrons. The first-order valence-corrected chi connectivity index (χ1v) is 12.4. The fourth-order valence-corrected chi connectivity index (χ4v) is 6.20. The molecule has 11 heteroatoms. The van der Waals surface area contributed by atoms with E-state index in [0.29, 0.717) is 16.6 Å². The van der Waals surface area contributed by atoms with E-state index in [1.54, 1.807) is 31.2 Å². The summed E-state index contributed by atoms with van der Waals surface area (Å²) in [5.74, 6) is -3.26. The molecule has 4 heterocycles. The van der Waals surface area contributed by atoms with E-state index >= 15 is 0 Å². The number of carbonyl (C=O) groups is 3. The summed E-state index contributed by atoms with van der Waals surface area (Å²) in [6.45, 7) is 1.62. The molecule has 4 aromatic rings. The summed E-state index contributed by atoms with van der Waals surface area (Å²) in [5, 5.41) is 19.5. The van der Waals surface area contributed by atoms with E-state index in [1.165, 1.54) is 22.9 Å². The van der Waals surface area contributed by atoms with Crippen LogP contribution >= 0.6 is 0 Å². The lowest BCUT2D eigenvalue weighted by Gasteiger charge is -2.36. The van der Waals surface area contributed by atoms with E-state index in [1.807, 2.05) is 41.3 Å². The normalized spacial score (nSPS) is 23.2. The number of hydrogen-bond donors (Lipinski definition) is 0. The number of aryl methyl sites for hydroxylation is 1. The molecule has 0 N–H and O–H groups in total. The van der Waals surface area contributed by atoms with E-state index in [0.717, 1.165) is 16.2 Å². The van der Waals surface area contributed by atoms with Crippen LogP contribution in [0.15, 0.2) is 72.8 Å². The number of para-hydroxylation sites is 2. The van der Waals surface area contributed by atoms with Gasteiger partial charge in [-0.3, -0.25) is 24.5 Å². The topological polar surface area (TPSA) is 132 Å². The number of rotatable bonds is 3. The molecule has 0 bridgehead atoms. The Labute approximate surface area is 221 Å². The van der Waals surface area contributed by atoms with Crippen LogP contribution in [0.2, 0.25) is 0 Å². The van der Waals surface area contributed by atoms with Crippen molar-refractivity contribution < 1.29 is 19.3 Å². The molecule has 2 saturated heterocycles. The van der Waals surface area contributed by atoms with Gasteiger partial charge >= 0.3 is 0 Å². The standard InChI is InChI=1S/C28H20N6O5/c1-15-14-17(34(38)39)11-13-19(15)32-26(35)23-22-12-10-16-6-2-4-8-20(16)31(22)25(24(23)27(32)36)28(37)33-21-9-5-3-7-18(21)29-30-33/h2-14,22-25H,1H3/t22-,23-,24-,25+/m1/s1. The third-order valence-electron chi connectivity index (χ3n) is 7.86. The van der Waals surface area contributed by atoms with E-state index in [9.17, 15) is 24.5 Å². The summed E-state index contributed by atoms with van der Waals surface area (Å²) in [5.41, 5.74) is 3.21. The number of fused-ring (bicyclic) bond motifs is 6. The van der Waals surface area contributed by atoms with Gasteiger partial charge in [-0.1, -0.05) is 47.7 Å². The van der Waals surface area contributed by atoms with Crippen LogP contribution in [0.5, 0.6) is 0 Å². The number of imide groups is 1. The zero-order valence-electron chi connectivity index (χ0n) is 20.5. The Kier molecular flexibility index (Phi) is 4.80. The highest BCUT2D eigenvalue weighted by Gasteiger charge is 2.65. The minimum atomic E-state index is -1.03. The van der Waals surface area contributed by atoms with E-state index in [-0.39, 0.29) is 11.4 Å². The van der Waals surface area contributed by atoms with Crippen molar-refractivity contribution in [3.8, 4) is 0 Å². The van der Waals surface area contributed by atoms with Gasteiger partial charge in [-0.2, -0.15) is 4.68 Å². The molecule has 39 heavy (non-hydrogen) atoms. The summed E-state index contributed by atoms with van der Waals surface area (Å²) in [4.78, 5) is 56.0. The molecule has 2 amide bonds. The summed E-state index contributed by atoms with van der Waals surface area (Å²) in [7, 11) is 0. The van der Waals surface area contributed by atoms with E-state index in [4.69, 9.17) is 0 Å². The molecule has 192 valence electrons. The smallest absolute Gasteiger partial charge is 0.272 e. The maximum Gasteiger partial charge on any atom is 0.272 e. The predicted molar refractivity (Wildman–Crippen MR) is 141 cm³/mol. The van der Waals surface area contributed by atoms with Gasteiger partial charge in [0, 0.05) is 17.8 Å². The number of nitro benzene ring substituents is 1. The summed E-state index contributed by atoms with van der Waals surface area (Å²) in [6, 6.07) is 17.0. The molecule has 2 fully saturated rings. The molecule has 0 unspecified atom stereocenters. The highest BCUT2D eigenvalue weighted by Crippen LogP contribution is 2.50. The van der Waals surface area contributed by atoms with Crippen LogP contribution in [0.3, 0.4) is 0 Å². The Balaban J connectivity index is 1.38. The predicted octanol–water partition coefficient (Wildman–Crippen LogP) is 3.38. The van der Waals surface area contributed by atoms with Gasteiger partial charge in [0.1, 0.15) is 11.6 Å². The molecule has 3 aromatic carbocycles. The lowest BCUT2D eigenvalue weighted by molar-refractivity contribution is -0.384. The maximum atomic E-state index is 14.2. The molecule has 3 aliphatic heterocycles. The van der Waals surface area contributed by atoms with Gasteiger partial charge in [-0.25, -0.2) is 4.90 Å². The van der Waals surface area contributed by atoms with Crippen molar-refractivity contribution in [1.82, 2.24) is 15.0 Å². The molecule has 11 nitrogen and oxygen atoms in total. The molecule has 4 atom stereocenters. The van der Waals surface area contributed by atoms with Crippen molar-refractivity contribution in [3.63, 3.8) is 0 Å². The van der Waals surface area contributed by atoms with Gasteiger partial charge in [-0.15, -0.1) is 5.10 Å². The average Bonchev–Trinajstić information content (AvgIpc) is 3.60. The SMILES string of the molecule is Cc1cc([N+](=O)[O-])ccc1N1C(=O)[C@@H]2[C@H](C1=O)[C@H]1C=Cc3ccccc3N1[C@@H]2C(=O)n1nnc2ccccc21. The number of benzene rings is 3. The number of amides is 2. The Bertz CT molecular complexity index is 1780. The zero-order chi connectivity index (χ0) is 27.0. The second kappa shape index (κ2) is 8.15. The van der Waals surface area contributed by atoms with Crippen molar-refractivity contribution in [3.05, 3.63) is 94.0 Å². The molecule has 3 aliphatic rings. The lowest BCUT2D eigenvalue weighted by Crippen LogP contribution is -2.50. The monoisotopic (exact) mass is 520 g/mol. The third kappa shape index (κ3) is 3.13. The van der Waals surface area contributed by atoms with Gasteiger partial charge < -0.3 is 4.90 Å². The van der Waals surface area contributed by atoms with Crippen LogP contribution in [0.25, 0.3) is 17.1 Å². The van der Waals surface area contributed by atoms with Crippen LogP contribution in [0.4, 0.5) is 17.1 Å². The molecule has 0 saturated carbocycles. The minimum absolute atomic E-state index is 0.139. The van der Waals surface area contributed by atoms with Gasteiger partial charge in [0.15, 0.2) is 0 Å². The van der Waals surface area contributed by atoms with Gasteiger partial charge in [0.2, 0.25) is 11.8 Å². The number of nitro groups is 1. The fraction of sp³-hybridized carbons (Fsp3) is 0.179. The highest BCUT2D eigenvalue weighted by atomic mass is 16.6. The maximum absolute atomic E-state index is 14.2. The van der Waals surface area contributed by atoms with Crippen molar-refractivity contribution >= 4 is 51.9 Å². The van der Waals surface area contributed by atoms with Crippen molar-refractivity contribution in [2.24, 2.45) is 11.8 Å². The van der Waals surface area contributed by atoms with Crippen LogP contribution in [-0.2, 0) is 9.59 Å².